The summed E-state index contributed by atoms with van der Waals surface area (Å²) in [6, 6.07) is 13.1. The Morgan fingerprint density at radius 1 is 1.07 bits per heavy atom. The lowest BCUT2D eigenvalue weighted by Gasteiger charge is -2.27. The molecule has 0 spiro atoms. The van der Waals surface area contributed by atoms with Crippen LogP contribution >= 0.6 is 11.3 Å². The monoisotopic (exact) mass is 416 g/mol. The van der Waals surface area contributed by atoms with Crippen molar-refractivity contribution in [2.45, 2.75) is 17.9 Å². The van der Waals surface area contributed by atoms with Gasteiger partial charge in [0.25, 0.3) is 15.9 Å². The largest absolute Gasteiger partial charge is 0.334 e. The van der Waals surface area contributed by atoms with Gasteiger partial charge in [-0.25, -0.2) is 12.8 Å². The molecule has 4 rings (SSSR count). The Labute approximate surface area is 166 Å². The van der Waals surface area contributed by atoms with Gasteiger partial charge in [-0.1, -0.05) is 12.1 Å². The van der Waals surface area contributed by atoms with E-state index < -0.39 is 15.8 Å². The molecule has 28 heavy (non-hydrogen) atoms. The number of carbonyl (C=O) groups excluding carboxylic acids is 1. The van der Waals surface area contributed by atoms with Gasteiger partial charge in [0.05, 0.1) is 16.1 Å². The molecule has 1 N–H and O–H groups in total. The summed E-state index contributed by atoms with van der Waals surface area (Å²) in [7, 11) is -3.94. The van der Waals surface area contributed by atoms with Crippen molar-refractivity contribution in [1.29, 1.82) is 0 Å². The van der Waals surface area contributed by atoms with Crippen molar-refractivity contribution in [3.63, 3.8) is 0 Å². The van der Waals surface area contributed by atoms with Crippen molar-refractivity contribution in [3.8, 4) is 0 Å². The Morgan fingerprint density at radius 3 is 2.61 bits per heavy atom. The first-order chi connectivity index (χ1) is 13.4. The Hall–Kier alpha value is -2.71. The summed E-state index contributed by atoms with van der Waals surface area (Å²) < 4.78 is 40.8. The molecule has 2 aromatic carbocycles. The van der Waals surface area contributed by atoms with E-state index in [0.717, 1.165) is 24.1 Å². The second-order valence-electron chi connectivity index (χ2n) is 6.45. The molecular weight excluding hydrogens is 399 g/mol. The van der Waals surface area contributed by atoms with E-state index in [2.05, 4.69) is 4.72 Å². The first-order valence-corrected chi connectivity index (χ1v) is 11.0. The summed E-state index contributed by atoms with van der Waals surface area (Å²) in [5.41, 5.74) is 1.62. The molecule has 0 radical (unpaired) electrons. The maximum atomic E-state index is 13.1. The number of sulfonamides is 1. The first kappa shape index (κ1) is 18.6. The number of anilines is 1. The number of rotatable bonds is 4. The number of para-hydroxylation sites is 1. The summed E-state index contributed by atoms with van der Waals surface area (Å²) in [5, 5.41) is 2.02. The Bertz CT molecular complexity index is 1120. The number of amides is 1. The van der Waals surface area contributed by atoms with E-state index in [1.54, 1.807) is 40.5 Å². The van der Waals surface area contributed by atoms with Gasteiger partial charge in [-0.3, -0.25) is 9.52 Å². The molecular formula is C20H17FN2O3S2. The minimum atomic E-state index is -3.94. The van der Waals surface area contributed by atoms with Crippen molar-refractivity contribution in [1.82, 2.24) is 4.90 Å². The molecule has 8 heteroatoms. The van der Waals surface area contributed by atoms with Crippen LogP contribution in [-0.4, -0.2) is 25.8 Å². The van der Waals surface area contributed by atoms with Gasteiger partial charge < -0.3 is 4.90 Å². The van der Waals surface area contributed by atoms with Crippen LogP contribution in [0.25, 0.3) is 0 Å². The van der Waals surface area contributed by atoms with E-state index in [1.165, 1.54) is 17.0 Å². The van der Waals surface area contributed by atoms with Gasteiger partial charge in [-0.15, -0.1) is 11.3 Å². The van der Waals surface area contributed by atoms with Crippen molar-refractivity contribution in [2.24, 2.45) is 0 Å². The summed E-state index contributed by atoms with van der Waals surface area (Å²) in [5.74, 6) is -0.748. The summed E-state index contributed by atoms with van der Waals surface area (Å²) in [6.45, 7) is 1.10. The van der Waals surface area contributed by atoms with Crippen LogP contribution < -0.4 is 4.72 Å². The number of benzene rings is 2. The number of nitrogens with zero attached hydrogens (tertiary/aromatic N) is 1. The SMILES string of the molecule is O=C(c1ccccc1NS(=O)(=O)c1ccc(F)cc1)N1CCc2sccc2C1. The molecule has 1 amide bonds. The van der Waals surface area contributed by atoms with E-state index >= 15 is 0 Å². The van der Waals surface area contributed by atoms with E-state index in [1.807, 2.05) is 11.4 Å². The maximum Gasteiger partial charge on any atom is 0.261 e. The van der Waals surface area contributed by atoms with Gasteiger partial charge in [0, 0.05) is 18.0 Å². The minimum absolute atomic E-state index is 0.0722. The zero-order chi connectivity index (χ0) is 19.7. The number of halogens is 1. The van der Waals surface area contributed by atoms with Crippen LogP contribution in [0.15, 0.2) is 64.9 Å². The third-order valence-electron chi connectivity index (χ3n) is 4.62. The molecule has 1 aromatic heterocycles. The van der Waals surface area contributed by atoms with E-state index in [-0.39, 0.29) is 22.1 Å². The van der Waals surface area contributed by atoms with E-state index in [4.69, 9.17) is 0 Å². The lowest BCUT2D eigenvalue weighted by Crippen LogP contribution is -2.35. The average molecular weight is 416 g/mol. The third kappa shape index (κ3) is 3.65. The molecule has 0 saturated heterocycles. The Morgan fingerprint density at radius 2 is 1.82 bits per heavy atom. The zero-order valence-electron chi connectivity index (χ0n) is 14.8. The topological polar surface area (TPSA) is 66.5 Å². The van der Waals surface area contributed by atoms with Crippen molar-refractivity contribution < 1.29 is 17.6 Å². The van der Waals surface area contributed by atoms with Crippen LogP contribution in [-0.2, 0) is 23.0 Å². The molecule has 0 bridgehead atoms. The molecule has 1 aliphatic heterocycles. The zero-order valence-corrected chi connectivity index (χ0v) is 16.4. The first-order valence-electron chi connectivity index (χ1n) is 8.66. The van der Waals surface area contributed by atoms with E-state index in [9.17, 15) is 17.6 Å². The van der Waals surface area contributed by atoms with Crippen LogP contribution in [0.4, 0.5) is 10.1 Å². The van der Waals surface area contributed by atoms with Crippen molar-refractivity contribution in [2.75, 3.05) is 11.3 Å². The fraction of sp³-hybridized carbons (Fsp3) is 0.150. The van der Waals surface area contributed by atoms with Crippen LogP contribution in [0.1, 0.15) is 20.8 Å². The highest BCUT2D eigenvalue weighted by Crippen LogP contribution is 2.27. The van der Waals surface area contributed by atoms with Gasteiger partial charge in [-0.05, 0) is 59.8 Å². The number of carbonyl (C=O) groups is 1. The van der Waals surface area contributed by atoms with Gasteiger partial charge in [0.2, 0.25) is 0 Å². The number of hydrogen-bond donors (Lipinski definition) is 1. The van der Waals surface area contributed by atoms with Crippen LogP contribution in [0.2, 0.25) is 0 Å². The summed E-state index contributed by atoms with van der Waals surface area (Å²) in [4.78, 5) is 16.0. The standard InChI is InChI=1S/C20H17FN2O3S2/c21-15-5-7-16(8-6-15)28(25,26)22-18-4-2-1-3-17(18)20(24)23-11-9-19-14(13-23)10-12-27-19/h1-8,10,12,22H,9,11,13H2. The lowest BCUT2D eigenvalue weighted by molar-refractivity contribution is 0.0737. The number of fused-ring (bicyclic) bond motifs is 1. The van der Waals surface area contributed by atoms with Gasteiger partial charge >= 0.3 is 0 Å². The van der Waals surface area contributed by atoms with Gasteiger partial charge in [0.1, 0.15) is 5.82 Å². The molecule has 5 nitrogen and oxygen atoms in total. The van der Waals surface area contributed by atoms with Crippen molar-refractivity contribution in [3.05, 3.63) is 81.8 Å². The fourth-order valence-corrected chi connectivity index (χ4v) is 5.14. The highest BCUT2D eigenvalue weighted by Gasteiger charge is 2.25. The Kier molecular flexibility index (Phi) is 4.91. The second-order valence-corrected chi connectivity index (χ2v) is 9.13. The quantitative estimate of drug-likeness (QED) is 0.702. The summed E-state index contributed by atoms with van der Waals surface area (Å²) >= 11 is 1.69. The molecule has 1 aliphatic rings. The molecule has 3 aromatic rings. The van der Waals surface area contributed by atoms with Crippen LogP contribution in [0.3, 0.4) is 0 Å². The second kappa shape index (κ2) is 7.37. The van der Waals surface area contributed by atoms with Gasteiger partial charge in [-0.2, -0.15) is 0 Å². The normalized spacial score (nSPS) is 13.8. The number of thiophene rings is 1. The Balaban J connectivity index is 1.60. The predicted octanol–water partition coefficient (Wildman–Crippen LogP) is 3.89. The van der Waals surface area contributed by atoms with Crippen LogP contribution in [0.5, 0.6) is 0 Å². The molecule has 0 unspecified atom stereocenters. The average Bonchev–Trinajstić information content (AvgIpc) is 3.16. The van der Waals surface area contributed by atoms with Crippen LogP contribution in [0, 0.1) is 5.82 Å². The molecule has 0 aliphatic carbocycles. The highest BCUT2D eigenvalue weighted by atomic mass is 32.2. The smallest absolute Gasteiger partial charge is 0.261 e. The van der Waals surface area contributed by atoms with Gasteiger partial charge in [0.15, 0.2) is 0 Å². The number of nitrogens with one attached hydrogen (secondary N) is 1. The molecule has 2 heterocycles. The van der Waals surface area contributed by atoms with Crippen molar-refractivity contribution >= 4 is 33.0 Å². The third-order valence-corrected chi connectivity index (χ3v) is 7.03. The minimum Gasteiger partial charge on any atom is -0.334 e. The molecule has 0 fully saturated rings. The highest BCUT2D eigenvalue weighted by molar-refractivity contribution is 7.92. The summed E-state index contributed by atoms with van der Waals surface area (Å²) in [6.07, 6.45) is 0.794. The molecule has 0 saturated carbocycles. The fourth-order valence-electron chi connectivity index (χ4n) is 3.17. The maximum absolute atomic E-state index is 13.1. The lowest BCUT2D eigenvalue weighted by atomic mass is 10.1. The molecule has 0 atom stereocenters. The van der Waals surface area contributed by atoms with E-state index in [0.29, 0.717) is 13.1 Å². The predicted molar refractivity (Wildman–Crippen MR) is 106 cm³/mol. The molecule has 144 valence electrons. The number of hydrogen-bond acceptors (Lipinski definition) is 4.